The number of hydrogen-bond acceptors (Lipinski definition) is 5. The van der Waals surface area contributed by atoms with Crippen molar-refractivity contribution in [3.05, 3.63) is 47.1 Å². The van der Waals surface area contributed by atoms with Gasteiger partial charge in [0.2, 0.25) is 0 Å². The first-order chi connectivity index (χ1) is 16.7. The molecule has 0 spiro atoms. The SMILES string of the molecule is Cc1nc2nc(C3CCOC(c4cnn(C5CC5)c4)C3)nc(C34CC(C(F)(F)F)(C3)C4)c2cc1F. The predicted molar refractivity (Wildman–Crippen MR) is 117 cm³/mol. The number of aryl methyl sites for hydroxylation is 1. The van der Waals surface area contributed by atoms with Crippen molar-refractivity contribution in [3.63, 3.8) is 0 Å². The van der Waals surface area contributed by atoms with E-state index in [0.29, 0.717) is 48.0 Å². The van der Waals surface area contributed by atoms with Crippen molar-refractivity contribution in [1.82, 2.24) is 24.7 Å². The highest BCUT2D eigenvalue weighted by molar-refractivity contribution is 5.80. The van der Waals surface area contributed by atoms with E-state index >= 15 is 0 Å². The monoisotopic (exact) mass is 487 g/mol. The molecule has 4 saturated carbocycles. The van der Waals surface area contributed by atoms with Gasteiger partial charge in [-0.1, -0.05) is 0 Å². The van der Waals surface area contributed by atoms with Gasteiger partial charge in [0.15, 0.2) is 5.65 Å². The second-order valence-electron chi connectivity index (χ2n) is 11.0. The van der Waals surface area contributed by atoms with Crippen LogP contribution in [0.2, 0.25) is 0 Å². The Labute approximate surface area is 199 Å². The average Bonchev–Trinajstić information content (AvgIpc) is 3.48. The highest BCUT2D eigenvalue weighted by Gasteiger charge is 2.79. The van der Waals surface area contributed by atoms with Gasteiger partial charge < -0.3 is 4.74 Å². The number of hydrogen-bond donors (Lipinski definition) is 0. The van der Waals surface area contributed by atoms with Crippen LogP contribution < -0.4 is 0 Å². The second-order valence-corrected chi connectivity index (χ2v) is 11.0. The molecule has 4 heterocycles. The third-order valence-electron chi connectivity index (χ3n) is 8.53. The first-order valence-electron chi connectivity index (χ1n) is 12.2. The first-order valence-corrected chi connectivity index (χ1v) is 12.2. The van der Waals surface area contributed by atoms with Gasteiger partial charge in [-0.25, -0.2) is 19.3 Å². The van der Waals surface area contributed by atoms with Crippen molar-refractivity contribution in [3.8, 4) is 0 Å². The van der Waals surface area contributed by atoms with E-state index in [9.17, 15) is 17.6 Å². The molecule has 0 aromatic carbocycles. The molecule has 3 aromatic heterocycles. The Balaban J connectivity index is 1.24. The van der Waals surface area contributed by atoms with Crippen molar-refractivity contribution < 1.29 is 22.3 Å². The van der Waals surface area contributed by atoms with Crippen LogP contribution in [0, 0.1) is 18.2 Å². The topological polar surface area (TPSA) is 65.7 Å². The second kappa shape index (κ2) is 6.99. The summed E-state index contributed by atoms with van der Waals surface area (Å²) in [5.74, 6) is 0.0444. The average molecular weight is 488 g/mol. The van der Waals surface area contributed by atoms with E-state index in [0.717, 1.165) is 18.4 Å². The van der Waals surface area contributed by atoms with Gasteiger partial charge in [-0.2, -0.15) is 18.3 Å². The van der Waals surface area contributed by atoms with Gasteiger partial charge in [0, 0.05) is 35.1 Å². The fourth-order valence-electron chi connectivity index (χ4n) is 6.38. The number of rotatable bonds is 4. The molecule has 0 N–H and O–H groups in total. The van der Waals surface area contributed by atoms with Crippen LogP contribution in [0.3, 0.4) is 0 Å². The van der Waals surface area contributed by atoms with E-state index in [1.54, 1.807) is 6.92 Å². The van der Waals surface area contributed by atoms with Crippen molar-refractivity contribution in [2.75, 3.05) is 6.61 Å². The lowest BCUT2D eigenvalue weighted by Crippen LogP contribution is -2.70. The third kappa shape index (κ3) is 3.17. The summed E-state index contributed by atoms with van der Waals surface area (Å²) in [6, 6.07) is 1.83. The highest BCUT2D eigenvalue weighted by atomic mass is 19.4. The number of halogens is 4. The molecular formula is C25H25F4N5O. The lowest BCUT2D eigenvalue weighted by Gasteiger charge is -2.70. The maximum absolute atomic E-state index is 14.5. The van der Waals surface area contributed by atoms with Gasteiger partial charge >= 0.3 is 6.18 Å². The maximum Gasteiger partial charge on any atom is 0.394 e. The van der Waals surface area contributed by atoms with Crippen molar-refractivity contribution in [1.29, 1.82) is 0 Å². The molecule has 1 aliphatic heterocycles. The van der Waals surface area contributed by atoms with Gasteiger partial charge in [0.25, 0.3) is 0 Å². The van der Waals surface area contributed by atoms with E-state index in [2.05, 4.69) is 10.1 Å². The van der Waals surface area contributed by atoms with Crippen LogP contribution in [-0.2, 0) is 10.2 Å². The maximum atomic E-state index is 14.5. The summed E-state index contributed by atoms with van der Waals surface area (Å²) in [5, 5.41) is 4.91. The fourth-order valence-corrected chi connectivity index (χ4v) is 6.38. The van der Waals surface area contributed by atoms with E-state index in [4.69, 9.17) is 14.7 Å². The standard InChI is InChI=1S/C25H25F4N5O/c1-13-18(26)7-17-20(23-10-24(11-23,12-23)25(27,28)29)32-21(33-22(17)31-13)14-4-5-35-19(6-14)15-8-30-34(9-15)16-2-3-16/h7-9,14,16,19H,2-6,10-12H2,1H3. The van der Waals surface area contributed by atoms with E-state index in [1.165, 1.54) is 6.07 Å². The molecule has 35 heavy (non-hydrogen) atoms. The fraction of sp³-hybridized carbons (Fsp3) is 0.600. The summed E-state index contributed by atoms with van der Waals surface area (Å²) in [4.78, 5) is 13.9. The van der Waals surface area contributed by atoms with Gasteiger partial charge in [-0.3, -0.25) is 4.68 Å². The summed E-state index contributed by atoms with van der Waals surface area (Å²) in [6.45, 7) is 2.09. The van der Waals surface area contributed by atoms with Crippen LogP contribution in [0.1, 0.15) is 85.8 Å². The van der Waals surface area contributed by atoms with Crippen molar-refractivity contribution in [2.45, 2.75) is 81.5 Å². The van der Waals surface area contributed by atoms with E-state index in [-0.39, 0.29) is 37.0 Å². The molecule has 5 aliphatic rings. The van der Waals surface area contributed by atoms with Gasteiger partial charge in [0.1, 0.15) is 11.6 Å². The zero-order valence-corrected chi connectivity index (χ0v) is 19.3. The van der Waals surface area contributed by atoms with Gasteiger partial charge in [-0.05, 0) is 57.9 Å². The molecule has 2 atom stereocenters. The summed E-state index contributed by atoms with van der Waals surface area (Å²) in [7, 11) is 0. The van der Waals surface area contributed by atoms with Crippen LogP contribution in [0.15, 0.2) is 18.5 Å². The molecular weight excluding hydrogens is 462 g/mol. The van der Waals surface area contributed by atoms with Gasteiger partial charge in [-0.15, -0.1) is 0 Å². The van der Waals surface area contributed by atoms with E-state index < -0.39 is 22.8 Å². The lowest BCUT2D eigenvalue weighted by atomic mass is 9.33. The Hall–Kier alpha value is -2.62. The minimum Gasteiger partial charge on any atom is -0.373 e. The smallest absolute Gasteiger partial charge is 0.373 e. The Bertz CT molecular complexity index is 1330. The minimum atomic E-state index is -4.22. The van der Waals surface area contributed by atoms with Crippen LogP contribution in [0.5, 0.6) is 0 Å². The number of pyridine rings is 1. The third-order valence-corrected chi connectivity index (χ3v) is 8.53. The molecule has 5 fully saturated rings. The van der Waals surface area contributed by atoms with Crippen LogP contribution in [0.4, 0.5) is 17.6 Å². The summed E-state index contributed by atoms with van der Waals surface area (Å²) in [5.41, 5.74) is -0.170. The van der Waals surface area contributed by atoms with E-state index in [1.807, 2.05) is 17.1 Å². The number of alkyl halides is 3. The molecule has 2 bridgehead atoms. The highest BCUT2D eigenvalue weighted by Crippen LogP contribution is 2.78. The number of aromatic nitrogens is 5. The Kier molecular flexibility index (Phi) is 4.32. The largest absolute Gasteiger partial charge is 0.394 e. The molecule has 4 aliphatic carbocycles. The van der Waals surface area contributed by atoms with Crippen LogP contribution >= 0.6 is 0 Å². The summed E-state index contributed by atoms with van der Waals surface area (Å²) < 4.78 is 63.1. The van der Waals surface area contributed by atoms with Crippen LogP contribution in [0.25, 0.3) is 11.0 Å². The molecule has 0 amide bonds. The molecule has 6 nitrogen and oxygen atoms in total. The molecule has 2 unspecified atom stereocenters. The quantitative estimate of drug-likeness (QED) is 0.447. The Morgan fingerprint density at radius 2 is 1.86 bits per heavy atom. The molecule has 8 rings (SSSR count). The molecule has 184 valence electrons. The Morgan fingerprint density at radius 3 is 2.57 bits per heavy atom. The first kappa shape index (κ1) is 21.6. The summed E-state index contributed by atoms with van der Waals surface area (Å²) >= 11 is 0. The normalized spacial score (nSPS) is 32.4. The molecule has 1 saturated heterocycles. The molecule has 3 aromatic rings. The predicted octanol–water partition coefficient (Wildman–Crippen LogP) is 5.62. The van der Waals surface area contributed by atoms with Gasteiger partial charge in [0.05, 0.1) is 35.1 Å². The number of nitrogens with zero attached hydrogens (tertiary/aromatic N) is 5. The molecule has 0 radical (unpaired) electrons. The number of ether oxygens (including phenoxy) is 1. The van der Waals surface area contributed by atoms with Crippen molar-refractivity contribution >= 4 is 11.0 Å². The van der Waals surface area contributed by atoms with Crippen LogP contribution in [-0.4, -0.2) is 37.5 Å². The number of fused-ring (bicyclic) bond motifs is 1. The Morgan fingerprint density at radius 1 is 1.09 bits per heavy atom. The molecule has 10 heteroatoms. The zero-order valence-electron chi connectivity index (χ0n) is 19.3. The lowest BCUT2D eigenvalue weighted by molar-refractivity contribution is -0.337. The summed E-state index contributed by atoms with van der Waals surface area (Å²) in [6.07, 6.45) is 3.19. The zero-order chi connectivity index (χ0) is 24.2. The minimum absolute atomic E-state index is 0.00129. The van der Waals surface area contributed by atoms with Crippen molar-refractivity contribution in [2.24, 2.45) is 5.41 Å².